The lowest BCUT2D eigenvalue weighted by atomic mass is 10.2. The van der Waals surface area contributed by atoms with E-state index in [0.29, 0.717) is 24.4 Å². The van der Waals surface area contributed by atoms with Gasteiger partial charge in [-0.25, -0.2) is 0 Å². The molecule has 102 valence electrons. The molecule has 0 aliphatic carbocycles. The number of halogens is 2. The maximum absolute atomic E-state index is 10.8. The van der Waals surface area contributed by atoms with Crippen molar-refractivity contribution in [1.29, 1.82) is 0 Å². The van der Waals surface area contributed by atoms with Gasteiger partial charge in [0.1, 0.15) is 0 Å². The Morgan fingerprint density at radius 3 is 1.60 bits per heavy atom. The predicted molar refractivity (Wildman–Crippen MR) is 86.0 cm³/mol. The molecule has 0 bridgehead atoms. The molecule has 3 aromatic rings. The van der Waals surface area contributed by atoms with Gasteiger partial charge in [0.15, 0.2) is 11.5 Å². The van der Waals surface area contributed by atoms with Gasteiger partial charge in [-0.15, -0.1) is 22.7 Å². The molecule has 0 aliphatic rings. The van der Waals surface area contributed by atoms with Crippen molar-refractivity contribution in [3.8, 4) is 11.5 Å². The summed E-state index contributed by atoms with van der Waals surface area (Å²) in [5, 5.41) is 1.46. The van der Waals surface area contributed by atoms with Crippen LogP contribution in [-0.4, -0.2) is 12.9 Å². The third-order valence-electron chi connectivity index (χ3n) is 2.64. The molecular formula is C12H4Br2O4S2. The third kappa shape index (κ3) is 2.16. The van der Waals surface area contributed by atoms with Crippen LogP contribution in [0.4, 0.5) is 0 Å². The molecule has 0 saturated heterocycles. The lowest BCUT2D eigenvalue weighted by Gasteiger charge is -2.07. The Labute approximate surface area is 137 Å². The number of thiophene rings is 2. The molecular weight excluding hydrogens is 432 g/mol. The van der Waals surface area contributed by atoms with E-state index in [2.05, 4.69) is 31.9 Å². The van der Waals surface area contributed by atoms with Crippen molar-refractivity contribution in [2.75, 3.05) is 0 Å². The molecule has 0 spiro atoms. The number of ether oxygens (including phenoxy) is 2. The Morgan fingerprint density at radius 1 is 0.850 bits per heavy atom. The highest BCUT2D eigenvalue weighted by Crippen LogP contribution is 2.50. The second-order valence-electron chi connectivity index (χ2n) is 3.67. The van der Waals surface area contributed by atoms with Gasteiger partial charge in [0.2, 0.25) is 0 Å². The first-order valence-corrected chi connectivity index (χ1v) is 8.42. The molecule has 0 saturated carbocycles. The van der Waals surface area contributed by atoms with Crippen LogP contribution < -0.4 is 9.47 Å². The van der Waals surface area contributed by atoms with Crippen LogP contribution in [0, 0.1) is 0 Å². The zero-order chi connectivity index (χ0) is 14.3. The van der Waals surface area contributed by atoms with Crippen LogP contribution >= 0.6 is 54.5 Å². The molecule has 0 N–H and O–H groups in total. The van der Waals surface area contributed by atoms with Crippen molar-refractivity contribution in [3.63, 3.8) is 0 Å². The van der Waals surface area contributed by atoms with Gasteiger partial charge >= 0.3 is 0 Å². The van der Waals surface area contributed by atoms with Crippen molar-refractivity contribution in [2.45, 2.75) is 0 Å². The molecule has 0 aliphatic heterocycles. The monoisotopic (exact) mass is 434 g/mol. The highest BCUT2D eigenvalue weighted by molar-refractivity contribution is 9.11. The number of carbonyl (C=O) groups is 2. The number of rotatable bonds is 4. The second kappa shape index (κ2) is 5.44. The van der Waals surface area contributed by atoms with Gasteiger partial charge < -0.3 is 9.47 Å². The first-order valence-electron chi connectivity index (χ1n) is 5.20. The van der Waals surface area contributed by atoms with Crippen molar-refractivity contribution < 1.29 is 19.1 Å². The Hall–Kier alpha value is -0.960. The number of fused-ring (bicyclic) bond motifs is 2. The summed E-state index contributed by atoms with van der Waals surface area (Å²) in [6.07, 6.45) is 0. The molecule has 0 radical (unpaired) electrons. The van der Waals surface area contributed by atoms with Crippen LogP contribution in [0.25, 0.3) is 20.2 Å². The Bertz CT molecular complexity index is 714. The fourth-order valence-corrected chi connectivity index (χ4v) is 5.17. The average Bonchev–Trinajstić information content (AvgIpc) is 2.96. The second-order valence-corrected chi connectivity index (χ2v) is 8.54. The first kappa shape index (κ1) is 14.0. The van der Waals surface area contributed by atoms with Crippen molar-refractivity contribution in [2.24, 2.45) is 0 Å². The van der Waals surface area contributed by atoms with Crippen LogP contribution in [0.1, 0.15) is 0 Å². The predicted octanol–water partition coefficient (Wildman–Crippen LogP) is 4.71. The van der Waals surface area contributed by atoms with Crippen LogP contribution in [0.5, 0.6) is 11.5 Å². The molecule has 3 rings (SSSR count). The summed E-state index contributed by atoms with van der Waals surface area (Å²) in [6.45, 7) is 0.793. The summed E-state index contributed by atoms with van der Waals surface area (Å²) in [4.78, 5) is 21.5. The van der Waals surface area contributed by atoms with E-state index in [1.165, 1.54) is 22.7 Å². The zero-order valence-electron chi connectivity index (χ0n) is 9.51. The molecule has 20 heavy (non-hydrogen) atoms. The molecule has 0 fully saturated rings. The topological polar surface area (TPSA) is 52.6 Å². The summed E-state index contributed by atoms with van der Waals surface area (Å²) < 4.78 is 13.5. The van der Waals surface area contributed by atoms with Gasteiger partial charge in [-0.05, 0) is 44.0 Å². The lowest BCUT2D eigenvalue weighted by molar-refractivity contribution is -0.121. The number of hydrogen-bond acceptors (Lipinski definition) is 6. The quantitative estimate of drug-likeness (QED) is 0.556. The minimum Gasteiger partial charge on any atom is -0.427 e. The van der Waals surface area contributed by atoms with Crippen LogP contribution in [0.2, 0.25) is 0 Å². The molecule has 0 amide bonds. The van der Waals surface area contributed by atoms with Crippen LogP contribution in [-0.2, 0) is 9.59 Å². The smallest absolute Gasteiger partial charge is 0.298 e. The summed E-state index contributed by atoms with van der Waals surface area (Å²) in [5.41, 5.74) is 0. The van der Waals surface area contributed by atoms with Gasteiger partial charge in [-0.2, -0.15) is 0 Å². The highest BCUT2D eigenvalue weighted by atomic mass is 79.9. The van der Waals surface area contributed by atoms with Crippen LogP contribution in [0.3, 0.4) is 0 Å². The highest BCUT2D eigenvalue weighted by Gasteiger charge is 2.21. The van der Waals surface area contributed by atoms with Crippen molar-refractivity contribution in [3.05, 3.63) is 19.7 Å². The minimum atomic E-state index is 0.396. The molecule has 8 heteroatoms. The largest absolute Gasteiger partial charge is 0.427 e. The molecule has 0 unspecified atom stereocenters. The summed E-state index contributed by atoms with van der Waals surface area (Å²) in [7, 11) is 0. The minimum absolute atomic E-state index is 0.396. The zero-order valence-corrected chi connectivity index (χ0v) is 14.3. The average molecular weight is 436 g/mol. The Morgan fingerprint density at radius 2 is 1.25 bits per heavy atom. The Balaban J connectivity index is 2.52. The molecule has 2 aromatic heterocycles. The van der Waals surface area contributed by atoms with Crippen LogP contribution in [0.15, 0.2) is 19.7 Å². The van der Waals surface area contributed by atoms with E-state index in [1.807, 2.05) is 12.1 Å². The van der Waals surface area contributed by atoms with Gasteiger partial charge in [0.05, 0.1) is 17.0 Å². The van der Waals surface area contributed by atoms with Gasteiger partial charge in [0.25, 0.3) is 12.9 Å². The van der Waals surface area contributed by atoms with Crippen molar-refractivity contribution in [1.82, 2.24) is 0 Å². The molecule has 2 heterocycles. The van der Waals surface area contributed by atoms with E-state index < -0.39 is 0 Å². The van der Waals surface area contributed by atoms with Gasteiger partial charge in [0, 0.05) is 10.8 Å². The Kier molecular flexibility index (Phi) is 3.80. The van der Waals surface area contributed by atoms with Crippen molar-refractivity contribution >= 4 is 87.7 Å². The van der Waals surface area contributed by atoms with E-state index in [9.17, 15) is 9.59 Å². The fourth-order valence-electron chi connectivity index (χ4n) is 1.97. The third-order valence-corrected chi connectivity index (χ3v) is 5.91. The maximum atomic E-state index is 10.8. The van der Waals surface area contributed by atoms with E-state index >= 15 is 0 Å². The molecule has 4 nitrogen and oxygen atoms in total. The van der Waals surface area contributed by atoms with Gasteiger partial charge in [-0.1, -0.05) is 0 Å². The van der Waals surface area contributed by atoms with E-state index in [1.54, 1.807) is 0 Å². The van der Waals surface area contributed by atoms with Gasteiger partial charge in [-0.3, -0.25) is 9.59 Å². The van der Waals surface area contributed by atoms with E-state index in [-0.39, 0.29) is 0 Å². The number of carbonyl (C=O) groups excluding carboxylic acids is 2. The first-order chi connectivity index (χ1) is 9.65. The van der Waals surface area contributed by atoms with E-state index in [4.69, 9.17) is 9.47 Å². The molecule has 1 aromatic carbocycles. The standard InChI is InChI=1S/C12H4Br2O4S2/c13-7-1-5-9(17-3-15)12-6(2-8(14)20-12)10(18-4-16)11(5)19-7/h1-4H. The fraction of sp³-hybridized carbons (Fsp3) is 0. The maximum Gasteiger partial charge on any atom is 0.298 e. The summed E-state index contributed by atoms with van der Waals surface area (Å²) >= 11 is 9.61. The SMILES string of the molecule is O=COc1c2cc(Br)sc2c(OC=O)c2cc(Br)sc12. The number of benzene rings is 1. The molecule has 0 atom stereocenters. The van der Waals surface area contributed by atoms with E-state index in [0.717, 1.165) is 27.7 Å². The lowest BCUT2D eigenvalue weighted by Crippen LogP contribution is -1.93. The summed E-state index contributed by atoms with van der Waals surface area (Å²) in [6, 6.07) is 3.67. The summed E-state index contributed by atoms with van der Waals surface area (Å²) in [5.74, 6) is 0.946. The normalized spacial score (nSPS) is 10.9. The number of hydrogen-bond donors (Lipinski definition) is 0.